The molecule has 0 fully saturated rings. The van der Waals surface area contributed by atoms with E-state index < -0.39 is 23.9 Å². The predicted octanol–water partition coefficient (Wildman–Crippen LogP) is 2.07. The first-order valence-electron chi connectivity index (χ1n) is 6.71. The molecule has 6 nitrogen and oxygen atoms in total. The molecule has 0 saturated heterocycles. The van der Waals surface area contributed by atoms with Gasteiger partial charge in [0.05, 0.1) is 5.02 Å². The van der Waals surface area contributed by atoms with E-state index in [-0.39, 0.29) is 11.6 Å². The van der Waals surface area contributed by atoms with Crippen LogP contribution < -0.4 is 5.32 Å². The molecule has 0 aliphatic rings. The number of carbonyl (C=O) groups is 2. The summed E-state index contributed by atoms with van der Waals surface area (Å²) in [6.45, 7) is 4.96. The Morgan fingerprint density at radius 3 is 2.55 bits per heavy atom. The summed E-state index contributed by atoms with van der Waals surface area (Å²) >= 11 is 5.86. The number of ether oxygens (including phenoxy) is 1. The Hall–Kier alpha value is -1.63. The van der Waals surface area contributed by atoms with Crippen LogP contribution in [0.25, 0.3) is 0 Å². The lowest BCUT2D eigenvalue weighted by Gasteiger charge is -2.22. The lowest BCUT2D eigenvalue weighted by atomic mass is 10.0. The number of benzene rings is 1. The Labute approximate surface area is 134 Å². The van der Waals surface area contributed by atoms with Crippen LogP contribution in [0.3, 0.4) is 0 Å². The molecule has 1 aromatic carbocycles. The number of rotatable bonds is 5. The molecule has 1 rings (SSSR count). The molecule has 0 bridgehead atoms. The van der Waals surface area contributed by atoms with Crippen molar-refractivity contribution >= 4 is 24.0 Å². The van der Waals surface area contributed by atoms with Crippen molar-refractivity contribution in [2.75, 3.05) is 6.54 Å². The molecule has 0 radical (unpaired) electrons. The van der Waals surface area contributed by atoms with Gasteiger partial charge < -0.3 is 20.3 Å². The number of hydrogen-bond donors (Lipinski definition) is 3. The minimum atomic E-state index is -1.26. The van der Waals surface area contributed by atoms with Gasteiger partial charge in [-0.3, -0.25) is 4.79 Å². The Kier molecular flexibility index (Phi) is 6.34. The van der Waals surface area contributed by atoms with E-state index in [9.17, 15) is 19.8 Å². The Morgan fingerprint density at radius 1 is 1.41 bits per heavy atom. The molecule has 0 aromatic heterocycles. The minimum Gasteiger partial charge on any atom is -0.444 e. The summed E-state index contributed by atoms with van der Waals surface area (Å²) in [6, 6.07) is 4.32. The van der Waals surface area contributed by atoms with Crippen LogP contribution in [0.15, 0.2) is 18.2 Å². The standard InChI is InChI=1S/C15H20ClNO5/c1-15(2,3)22-14(21)17-7-12(19)13(20)9-4-5-10(8-18)11(16)6-9/h4-6,8,12-13,19-20H,7H2,1-3H3,(H,17,21). The normalized spacial score (nSPS) is 14.1. The molecule has 2 atom stereocenters. The summed E-state index contributed by atoms with van der Waals surface area (Å²) in [5.74, 6) is 0. The Morgan fingerprint density at radius 2 is 2.05 bits per heavy atom. The summed E-state index contributed by atoms with van der Waals surface area (Å²) in [5, 5.41) is 22.5. The zero-order chi connectivity index (χ0) is 16.9. The second-order valence-electron chi connectivity index (χ2n) is 5.79. The van der Waals surface area contributed by atoms with E-state index >= 15 is 0 Å². The first kappa shape index (κ1) is 18.4. The van der Waals surface area contributed by atoms with Gasteiger partial charge in [0.25, 0.3) is 0 Å². The van der Waals surface area contributed by atoms with Gasteiger partial charge in [0.2, 0.25) is 0 Å². The van der Waals surface area contributed by atoms with Gasteiger partial charge in [0, 0.05) is 12.1 Å². The van der Waals surface area contributed by atoms with E-state index in [0.29, 0.717) is 17.4 Å². The maximum absolute atomic E-state index is 11.5. The molecule has 3 N–H and O–H groups in total. The molecule has 1 amide bonds. The van der Waals surface area contributed by atoms with Crippen LogP contribution in [0.4, 0.5) is 4.79 Å². The number of nitrogens with one attached hydrogen (secondary N) is 1. The van der Waals surface area contributed by atoms with Gasteiger partial charge in [-0.25, -0.2) is 4.79 Å². The third-order valence-corrected chi connectivity index (χ3v) is 3.04. The number of aliphatic hydroxyl groups is 2. The van der Waals surface area contributed by atoms with Crippen LogP contribution in [0, 0.1) is 0 Å². The average Bonchev–Trinajstić information content (AvgIpc) is 2.42. The van der Waals surface area contributed by atoms with E-state index in [2.05, 4.69) is 5.32 Å². The monoisotopic (exact) mass is 329 g/mol. The van der Waals surface area contributed by atoms with Crippen molar-refractivity contribution in [1.82, 2.24) is 5.32 Å². The Bertz CT molecular complexity index is 541. The van der Waals surface area contributed by atoms with E-state index in [1.165, 1.54) is 18.2 Å². The smallest absolute Gasteiger partial charge is 0.407 e. The first-order valence-corrected chi connectivity index (χ1v) is 7.09. The molecular weight excluding hydrogens is 310 g/mol. The Balaban J connectivity index is 2.62. The fourth-order valence-electron chi connectivity index (χ4n) is 1.66. The molecule has 0 saturated carbocycles. The van der Waals surface area contributed by atoms with Gasteiger partial charge in [0.1, 0.15) is 17.8 Å². The predicted molar refractivity (Wildman–Crippen MR) is 82.0 cm³/mol. The summed E-state index contributed by atoms with van der Waals surface area (Å²) in [6.07, 6.45) is -2.59. The number of amides is 1. The van der Waals surface area contributed by atoms with E-state index in [1.807, 2.05) is 0 Å². The van der Waals surface area contributed by atoms with E-state index in [1.54, 1.807) is 20.8 Å². The van der Waals surface area contributed by atoms with Crippen molar-refractivity contribution in [3.05, 3.63) is 34.3 Å². The molecule has 0 spiro atoms. The number of aldehydes is 1. The van der Waals surface area contributed by atoms with Crippen LogP contribution in [-0.4, -0.2) is 40.8 Å². The van der Waals surface area contributed by atoms with Gasteiger partial charge in [-0.15, -0.1) is 0 Å². The number of halogens is 1. The third-order valence-electron chi connectivity index (χ3n) is 2.71. The largest absolute Gasteiger partial charge is 0.444 e. The molecule has 2 unspecified atom stereocenters. The fraction of sp³-hybridized carbons (Fsp3) is 0.467. The zero-order valence-corrected chi connectivity index (χ0v) is 13.4. The van der Waals surface area contributed by atoms with Crippen molar-refractivity contribution < 1.29 is 24.5 Å². The van der Waals surface area contributed by atoms with Crippen LogP contribution in [0.2, 0.25) is 5.02 Å². The quantitative estimate of drug-likeness (QED) is 0.719. The van der Waals surface area contributed by atoms with Gasteiger partial charge in [-0.1, -0.05) is 17.7 Å². The molecule has 122 valence electrons. The summed E-state index contributed by atoms with van der Waals surface area (Å²) in [5.41, 5.74) is -0.0145. The van der Waals surface area contributed by atoms with Crippen LogP contribution in [-0.2, 0) is 4.74 Å². The topological polar surface area (TPSA) is 95.9 Å². The molecule has 0 aliphatic heterocycles. The zero-order valence-electron chi connectivity index (χ0n) is 12.7. The van der Waals surface area contributed by atoms with Gasteiger partial charge in [0.15, 0.2) is 6.29 Å². The highest BCUT2D eigenvalue weighted by Gasteiger charge is 2.22. The van der Waals surface area contributed by atoms with Crippen LogP contribution >= 0.6 is 11.6 Å². The third kappa shape index (κ3) is 5.63. The second-order valence-corrected chi connectivity index (χ2v) is 6.20. The van der Waals surface area contributed by atoms with E-state index in [0.717, 1.165) is 0 Å². The van der Waals surface area contributed by atoms with Crippen LogP contribution in [0.5, 0.6) is 0 Å². The lowest BCUT2D eigenvalue weighted by Crippen LogP contribution is -2.38. The van der Waals surface area contributed by atoms with Gasteiger partial charge >= 0.3 is 6.09 Å². The van der Waals surface area contributed by atoms with Crippen LogP contribution in [0.1, 0.15) is 42.8 Å². The van der Waals surface area contributed by atoms with Gasteiger partial charge in [-0.2, -0.15) is 0 Å². The first-order chi connectivity index (χ1) is 10.1. The SMILES string of the molecule is CC(C)(C)OC(=O)NCC(O)C(O)c1ccc(C=O)c(Cl)c1. The van der Waals surface area contributed by atoms with Crippen molar-refractivity contribution in [2.24, 2.45) is 0 Å². The maximum atomic E-state index is 11.5. The summed E-state index contributed by atoms with van der Waals surface area (Å²) < 4.78 is 5.02. The molecule has 1 aromatic rings. The molecule has 0 heterocycles. The number of alkyl carbamates (subject to hydrolysis) is 1. The number of carbonyl (C=O) groups excluding carboxylic acids is 2. The van der Waals surface area contributed by atoms with Crippen molar-refractivity contribution in [3.63, 3.8) is 0 Å². The van der Waals surface area contributed by atoms with E-state index in [4.69, 9.17) is 16.3 Å². The van der Waals surface area contributed by atoms with Crippen molar-refractivity contribution in [3.8, 4) is 0 Å². The summed E-state index contributed by atoms with van der Waals surface area (Å²) in [4.78, 5) is 22.1. The minimum absolute atomic E-state index is 0.179. The highest BCUT2D eigenvalue weighted by Crippen LogP contribution is 2.23. The molecular formula is C15H20ClNO5. The highest BCUT2D eigenvalue weighted by atomic mass is 35.5. The number of hydrogen-bond acceptors (Lipinski definition) is 5. The maximum Gasteiger partial charge on any atom is 0.407 e. The molecule has 7 heteroatoms. The fourth-order valence-corrected chi connectivity index (χ4v) is 1.89. The number of aliphatic hydroxyl groups excluding tert-OH is 2. The lowest BCUT2D eigenvalue weighted by molar-refractivity contribution is 0.0129. The average molecular weight is 330 g/mol. The van der Waals surface area contributed by atoms with Crippen molar-refractivity contribution in [2.45, 2.75) is 38.6 Å². The summed E-state index contributed by atoms with van der Waals surface area (Å²) in [7, 11) is 0. The molecule has 22 heavy (non-hydrogen) atoms. The van der Waals surface area contributed by atoms with Gasteiger partial charge in [-0.05, 0) is 38.5 Å². The molecule has 0 aliphatic carbocycles. The second kappa shape index (κ2) is 7.58. The van der Waals surface area contributed by atoms with Crippen molar-refractivity contribution in [1.29, 1.82) is 0 Å². The highest BCUT2D eigenvalue weighted by molar-refractivity contribution is 6.33.